The van der Waals surface area contributed by atoms with Crippen molar-refractivity contribution in [3.8, 4) is 0 Å². The van der Waals surface area contributed by atoms with Gasteiger partial charge in [-0.3, -0.25) is 4.79 Å². The summed E-state index contributed by atoms with van der Waals surface area (Å²) >= 11 is 0. The third-order valence-electron chi connectivity index (χ3n) is 3.98. The number of nitrogens with one attached hydrogen (secondary N) is 1. The predicted molar refractivity (Wildman–Crippen MR) is 72.8 cm³/mol. The Kier molecular flexibility index (Phi) is 4.70. The van der Waals surface area contributed by atoms with Gasteiger partial charge in [0.05, 0.1) is 6.04 Å². The van der Waals surface area contributed by atoms with Crippen LogP contribution in [0.4, 0.5) is 8.78 Å². The zero-order valence-corrected chi connectivity index (χ0v) is 11.5. The van der Waals surface area contributed by atoms with Crippen molar-refractivity contribution in [1.82, 2.24) is 5.32 Å². The van der Waals surface area contributed by atoms with Crippen molar-refractivity contribution >= 4 is 5.91 Å². The Morgan fingerprint density at radius 3 is 2.60 bits per heavy atom. The van der Waals surface area contributed by atoms with E-state index in [9.17, 15) is 13.6 Å². The van der Waals surface area contributed by atoms with Crippen molar-refractivity contribution in [1.29, 1.82) is 0 Å². The van der Waals surface area contributed by atoms with E-state index in [1.165, 1.54) is 18.2 Å². The number of nitrogens with two attached hydrogens (primary N) is 1. The minimum absolute atomic E-state index is 0.0567. The summed E-state index contributed by atoms with van der Waals surface area (Å²) in [7, 11) is 0. The Bertz CT molecular complexity index is 473. The molecule has 0 aromatic heterocycles. The Balaban J connectivity index is 1.97. The Labute approximate surface area is 117 Å². The molecule has 1 aliphatic rings. The number of carbonyl (C=O) groups excluding carboxylic acids is 1. The zero-order valence-electron chi connectivity index (χ0n) is 11.5. The fourth-order valence-corrected chi connectivity index (χ4v) is 2.85. The van der Waals surface area contributed by atoms with Crippen molar-refractivity contribution in [2.45, 2.75) is 44.7 Å². The fraction of sp³-hybridized carbons (Fsp3) is 0.533. The normalized spacial score (nSPS) is 23.6. The molecule has 20 heavy (non-hydrogen) atoms. The Morgan fingerprint density at radius 2 is 2.05 bits per heavy atom. The summed E-state index contributed by atoms with van der Waals surface area (Å²) in [6, 6.07) is 3.05. The minimum atomic E-state index is -0.693. The molecule has 2 rings (SSSR count). The number of rotatable bonds is 4. The van der Waals surface area contributed by atoms with Crippen LogP contribution in [0.1, 0.15) is 44.2 Å². The van der Waals surface area contributed by atoms with Crippen LogP contribution in [0.25, 0.3) is 0 Å². The molecule has 0 radical (unpaired) electrons. The van der Waals surface area contributed by atoms with Crippen LogP contribution in [0.5, 0.6) is 0 Å². The molecule has 0 saturated heterocycles. The van der Waals surface area contributed by atoms with Crippen molar-refractivity contribution in [3.63, 3.8) is 0 Å². The maximum atomic E-state index is 13.6. The third-order valence-corrected chi connectivity index (χ3v) is 3.98. The van der Waals surface area contributed by atoms with Crippen LogP contribution < -0.4 is 11.1 Å². The highest BCUT2D eigenvalue weighted by molar-refractivity contribution is 5.76. The molecule has 0 heterocycles. The van der Waals surface area contributed by atoms with E-state index in [0.29, 0.717) is 6.42 Å². The molecule has 1 aromatic carbocycles. The topological polar surface area (TPSA) is 55.1 Å². The molecule has 1 unspecified atom stereocenters. The molecule has 1 aromatic rings. The lowest BCUT2D eigenvalue weighted by atomic mass is 9.99. The van der Waals surface area contributed by atoms with Gasteiger partial charge in [0.25, 0.3) is 0 Å². The average molecular weight is 282 g/mol. The molecule has 1 fully saturated rings. The monoisotopic (exact) mass is 282 g/mol. The lowest BCUT2D eigenvalue weighted by Crippen LogP contribution is -2.33. The molecule has 3 N–H and O–H groups in total. The number of hydrogen-bond donors (Lipinski definition) is 2. The molecule has 0 bridgehead atoms. The van der Waals surface area contributed by atoms with Gasteiger partial charge in [0.15, 0.2) is 0 Å². The maximum absolute atomic E-state index is 13.6. The van der Waals surface area contributed by atoms with Crippen LogP contribution in [-0.2, 0) is 4.79 Å². The van der Waals surface area contributed by atoms with Gasteiger partial charge in [-0.25, -0.2) is 8.78 Å². The van der Waals surface area contributed by atoms with Gasteiger partial charge < -0.3 is 11.1 Å². The van der Waals surface area contributed by atoms with Gasteiger partial charge in [-0.2, -0.15) is 0 Å². The molecule has 3 atom stereocenters. The number of hydrogen-bond acceptors (Lipinski definition) is 2. The fourth-order valence-electron chi connectivity index (χ4n) is 2.85. The standard InChI is InChI=1S/C15H20F2N2O/c1-9(15-11(16)5-3-6-12(15)17)19-14(20)8-10-4-2-7-13(10)18/h3,5-6,9-10,13H,2,4,7-8,18H2,1H3,(H,19,20)/t9?,10-,13+/m0/s1. The van der Waals surface area contributed by atoms with Crippen LogP contribution in [-0.4, -0.2) is 11.9 Å². The largest absolute Gasteiger partial charge is 0.349 e. The average Bonchev–Trinajstić information content (AvgIpc) is 2.74. The summed E-state index contributed by atoms with van der Waals surface area (Å²) < 4.78 is 27.2. The van der Waals surface area contributed by atoms with Crippen LogP contribution in [0.15, 0.2) is 18.2 Å². The minimum Gasteiger partial charge on any atom is -0.349 e. The molecule has 1 aliphatic carbocycles. The highest BCUT2D eigenvalue weighted by Gasteiger charge is 2.27. The predicted octanol–water partition coefficient (Wildman–Crippen LogP) is 2.66. The van der Waals surface area contributed by atoms with Gasteiger partial charge in [-0.15, -0.1) is 0 Å². The number of amides is 1. The van der Waals surface area contributed by atoms with Crippen LogP contribution >= 0.6 is 0 Å². The van der Waals surface area contributed by atoms with Gasteiger partial charge in [0.2, 0.25) is 5.91 Å². The van der Waals surface area contributed by atoms with Crippen LogP contribution in [0.2, 0.25) is 0 Å². The Morgan fingerprint density at radius 1 is 1.40 bits per heavy atom. The van der Waals surface area contributed by atoms with E-state index in [4.69, 9.17) is 5.73 Å². The molecule has 0 spiro atoms. The summed E-state index contributed by atoms with van der Waals surface area (Å²) in [5.74, 6) is -1.32. The first kappa shape index (κ1) is 14.9. The van der Waals surface area contributed by atoms with Gasteiger partial charge in [0, 0.05) is 18.0 Å². The SMILES string of the molecule is CC(NC(=O)C[C@@H]1CCC[C@H]1N)c1c(F)cccc1F. The quantitative estimate of drug-likeness (QED) is 0.892. The van der Waals surface area contributed by atoms with Crippen molar-refractivity contribution < 1.29 is 13.6 Å². The van der Waals surface area contributed by atoms with E-state index >= 15 is 0 Å². The summed E-state index contributed by atoms with van der Waals surface area (Å²) in [5, 5.41) is 2.65. The second-order valence-corrected chi connectivity index (χ2v) is 5.48. The van der Waals surface area contributed by atoms with Crippen molar-refractivity contribution in [2.24, 2.45) is 11.7 Å². The zero-order chi connectivity index (χ0) is 14.7. The van der Waals surface area contributed by atoms with E-state index < -0.39 is 17.7 Å². The molecule has 1 amide bonds. The van der Waals surface area contributed by atoms with Crippen LogP contribution in [0.3, 0.4) is 0 Å². The number of benzene rings is 1. The van der Waals surface area contributed by atoms with Crippen LogP contribution in [0, 0.1) is 17.6 Å². The number of halogens is 2. The second kappa shape index (κ2) is 6.31. The van der Waals surface area contributed by atoms with Gasteiger partial charge in [-0.05, 0) is 37.8 Å². The van der Waals surface area contributed by atoms with Crippen molar-refractivity contribution in [3.05, 3.63) is 35.4 Å². The highest BCUT2D eigenvalue weighted by Crippen LogP contribution is 2.27. The van der Waals surface area contributed by atoms with Gasteiger partial charge in [-0.1, -0.05) is 12.5 Å². The lowest BCUT2D eigenvalue weighted by Gasteiger charge is -2.19. The second-order valence-electron chi connectivity index (χ2n) is 5.48. The summed E-state index contributed by atoms with van der Waals surface area (Å²) in [6.07, 6.45) is 3.24. The molecule has 3 nitrogen and oxygen atoms in total. The first-order valence-electron chi connectivity index (χ1n) is 6.98. The molecular weight excluding hydrogens is 262 g/mol. The van der Waals surface area contributed by atoms with Gasteiger partial charge in [0.1, 0.15) is 11.6 Å². The highest BCUT2D eigenvalue weighted by atomic mass is 19.1. The Hall–Kier alpha value is -1.49. The van der Waals surface area contributed by atoms with E-state index in [2.05, 4.69) is 5.32 Å². The molecule has 110 valence electrons. The summed E-state index contributed by atoms with van der Waals surface area (Å²) in [5.41, 5.74) is 5.82. The van der Waals surface area contributed by atoms with E-state index in [1.807, 2.05) is 0 Å². The summed E-state index contributed by atoms with van der Waals surface area (Å²) in [6.45, 7) is 1.58. The van der Waals surface area contributed by atoms with Gasteiger partial charge >= 0.3 is 0 Å². The first-order chi connectivity index (χ1) is 9.49. The maximum Gasteiger partial charge on any atom is 0.220 e. The van der Waals surface area contributed by atoms with E-state index in [1.54, 1.807) is 6.92 Å². The first-order valence-corrected chi connectivity index (χ1v) is 6.98. The third kappa shape index (κ3) is 3.33. The molecule has 5 heteroatoms. The van der Waals surface area contributed by atoms with E-state index in [-0.39, 0.29) is 23.4 Å². The lowest BCUT2D eigenvalue weighted by molar-refractivity contribution is -0.122. The van der Waals surface area contributed by atoms with E-state index in [0.717, 1.165) is 19.3 Å². The summed E-state index contributed by atoms with van der Waals surface area (Å²) in [4.78, 5) is 11.9. The smallest absolute Gasteiger partial charge is 0.220 e. The molecular formula is C15H20F2N2O. The molecule has 1 saturated carbocycles. The van der Waals surface area contributed by atoms with Crippen molar-refractivity contribution in [2.75, 3.05) is 0 Å². The molecule has 0 aliphatic heterocycles. The number of carbonyl (C=O) groups is 1.